The van der Waals surface area contributed by atoms with E-state index in [4.69, 9.17) is 0 Å². The molecule has 7 nitrogen and oxygen atoms in total. The number of hydrogen-bond acceptors (Lipinski definition) is 6. The molecule has 0 aliphatic carbocycles. The van der Waals surface area contributed by atoms with Gasteiger partial charge in [-0.25, -0.2) is 9.67 Å². The molecule has 2 heterocycles. The Kier molecular flexibility index (Phi) is 5.67. The molecule has 1 amide bonds. The summed E-state index contributed by atoms with van der Waals surface area (Å²) in [5.74, 6) is -0.728. The van der Waals surface area contributed by atoms with E-state index in [2.05, 4.69) is 25.3 Å². The number of nitrogens with one attached hydrogen (secondary N) is 1. The van der Waals surface area contributed by atoms with E-state index in [0.717, 1.165) is 16.1 Å². The van der Waals surface area contributed by atoms with Gasteiger partial charge in [0.2, 0.25) is 0 Å². The summed E-state index contributed by atoms with van der Waals surface area (Å²) in [7, 11) is 0. The third kappa shape index (κ3) is 5.45. The van der Waals surface area contributed by atoms with E-state index in [1.165, 1.54) is 34.3 Å². The van der Waals surface area contributed by atoms with Crippen LogP contribution in [0, 0.1) is 0 Å². The molecule has 0 saturated heterocycles. The summed E-state index contributed by atoms with van der Waals surface area (Å²) in [6.45, 7) is 0. The average molecular weight is 445 g/mol. The van der Waals surface area contributed by atoms with Gasteiger partial charge in [-0.15, -0.1) is 29.6 Å². The van der Waals surface area contributed by atoms with Crippen LogP contribution < -0.4 is 10.1 Å². The number of carbonyl (C=O) groups is 1. The maximum absolute atomic E-state index is 12.4. The summed E-state index contributed by atoms with van der Waals surface area (Å²) < 4.78 is 42.1. The number of thiazole rings is 1. The molecule has 0 atom stereocenters. The molecule has 0 bridgehead atoms. The van der Waals surface area contributed by atoms with Crippen molar-refractivity contribution in [3.8, 4) is 11.4 Å². The van der Waals surface area contributed by atoms with Gasteiger partial charge in [0.1, 0.15) is 5.75 Å². The van der Waals surface area contributed by atoms with Crippen LogP contribution in [0.5, 0.6) is 5.75 Å². The lowest BCUT2D eigenvalue weighted by atomic mass is 10.1. The largest absolute Gasteiger partial charge is 0.573 e. The Balaban J connectivity index is 1.37. The molecule has 4 rings (SSSR count). The van der Waals surface area contributed by atoms with Gasteiger partial charge in [-0.05, 0) is 29.8 Å². The van der Waals surface area contributed by atoms with Crippen molar-refractivity contribution in [1.82, 2.24) is 20.0 Å². The highest BCUT2D eigenvalue weighted by molar-refractivity contribution is 7.15. The van der Waals surface area contributed by atoms with Crippen molar-refractivity contribution >= 4 is 22.4 Å². The van der Waals surface area contributed by atoms with E-state index in [1.807, 2.05) is 30.3 Å². The molecule has 0 aliphatic heterocycles. The molecule has 4 aromatic rings. The number of benzene rings is 2. The molecular weight excluding hydrogens is 431 g/mol. The number of halogens is 3. The SMILES string of the molecule is O=C(Nc1ncc(Cc2ccc(OC(F)(F)F)cc2)s1)c1cn(-c2ccccc2)nn1. The first-order valence-electron chi connectivity index (χ1n) is 8.94. The minimum absolute atomic E-state index is 0.140. The smallest absolute Gasteiger partial charge is 0.406 e. The van der Waals surface area contributed by atoms with E-state index < -0.39 is 12.3 Å². The first kappa shape index (κ1) is 20.5. The van der Waals surface area contributed by atoms with Crippen molar-refractivity contribution < 1.29 is 22.7 Å². The quantitative estimate of drug-likeness (QED) is 0.474. The zero-order valence-electron chi connectivity index (χ0n) is 15.7. The van der Waals surface area contributed by atoms with Crippen molar-refractivity contribution in [2.45, 2.75) is 12.8 Å². The number of para-hydroxylation sites is 1. The van der Waals surface area contributed by atoms with E-state index in [0.29, 0.717) is 11.6 Å². The van der Waals surface area contributed by atoms with Gasteiger partial charge >= 0.3 is 6.36 Å². The maximum atomic E-state index is 12.4. The lowest BCUT2D eigenvalue weighted by Gasteiger charge is -2.08. The summed E-state index contributed by atoms with van der Waals surface area (Å²) in [5, 5.41) is 10.9. The van der Waals surface area contributed by atoms with Crippen LogP contribution in [0.3, 0.4) is 0 Å². The van der Waals surface area contributed by atoms with Gasteiger partial charge in [-0.3, -0.25) is 10.1 Å². The van der Waals surface area contributed by atoms with Crippen LogP contribution in [0.15, 0.2) is 67.0 Å². The average Bonchev–Trinajstić information content (AvgIpc) is 3.39. The monoisotopic (exact) mass is 445 g/mol. The number of hydrogen-bond donors (Lipinski definition) is 1. The zero-order valence-corrected chi connectivity index (χ0v) is 16.5. The number of aromatic nitrogens is 4. The van der Waals surface area contributed by atoms with Crippen molar-refractivity contribution in [3.05, 3.63) is 83.1 Å². The van der Waals surface area contributed by atoms with Crippen LogP contribution in [0.4, 0.5) is 18.3 Å². The standard InChI is InChI=1S/C20H14F3N5O2S/c21-20(22,23)30-15-8-6-13(7-9-15)10-16-11-24-19(31-16)25-18(29)17-12-28(27-26-17)14-4-2-1-3-5-14/h1-9,11-12H,10H2,(H,24,25,29). The molecule has 0 unspecified atom stereocenters. The molecule has 0 aliphatic rings. The highest BCUT2D eigenvalue weighted by Gasteiger charge is 2.30. The predicted octanol–water partition coefficient (Wildman–Crippen LogP) is 4.47. The summed E-state index contributed by atoms with van der Waals surface area (Å²) in [6, 6.07) is 14.8. The predicted molar refractivity (Wildman–Crippen MR) is 107 cm³/mol. The van der Waals surface area contributed by atoms with Crippen molar-refractivity contribution in [1.29, 1.82) is 0 Å². The number of nitrogens with zero attached hydrogens (tertiary/aromatic N) is 4. The van der Waals surface area contributed by atoms with Crippen LogP contribution in [0.1, 0.15) is 20.9 Å². The second-order valence-electron chi connectivity index (χ2n) is 6.34. The normalized spacial score (nSPS) is 11.3. The van der Waals surface area contributed by atoms with Crippen LogP contribution in [-0.2, 0) is 6.42 Å². The topological polar surface area (TPSA) is 81.9 Å². The highest BCUT2D eigenvalue weighted by atomic mass is 32.1. The molecule has 158 valence electrons. The number of rotatable bonds is 6. The number of alkyl halides is 3. The molecule has 1 N–H and O–H groups in total. The lowest BCUT2D eigenvalue weighted by molar-refractivity contribution is -0.274. The number of ether oxygens (including phenoxy) is 1. The van der Waals surface area contributed by atoms with Gasteiger partial charge < -0.3 is 4.74 Å². The van der Waals surface area contributed by atoms with Crippen LogP contribution >= 0.6 is 11.3 Å². The third-order valence-electron chi connectivity index (χ3n) is 4.06. The Labute approximate surface area is 178 Å². The van der Waals surface area contributed by atoms with Gasteiger partial charge in [-0.1, -0.05) is 35.5 Å². The van der Waals surface area contributed by atoms with Crippen LogP contribution in [0.2, 0.25) is 0 Å². The molecule has 0 radical (unpaired) electrons. The second kappa shape index (κ2) is 8.56. The molecule has 0 spiro atoms. The summed E-state index contributed by atoms with van der Waals surface area (Å²) >= 11 is 1.26. The molecular formula is C20H14F3N5O2S. The Morgan fingerprint density at radius 1 is 1.10 bits per heavy atom. The Bertz CT molecular complexity index is 1170. The molecule has 31 heavy (non-hydrogen) atoms. The van der Waals surface area contributed by atoms with Crippen LogP contribution in [0.25, 0.3) is 5.69 Å². The molecule has 11 heteroatoms. The second-order valence-corrected chi connectivity index (χ2v) is 7.45. The fourth-order valence-corrected chi connectivity index (χ4v) is 3.53. The van der Waals surface area contributed by atoms with Gasteiger partial charge in [-0.2, -0.15) is 0 Å². The minimum Gasteiger partial charge on any atom is -0.406 e. The van der Waals surface area contributed by atoms with E-state index in [-0.39, 0.29) is 11.4 Å². The van der Waals surface area contributed by atoms with Crippen LogP contribution in [-0.4, -0.2) is 32.2 Å². The Morgan fingerprint density at radius 2 is 1.84 bits per heavy atom. The zero-order chi connectivity index (χ0) is 21.8. The van der Waals surface area contributed by atoms with Crippen molar-refractivity contribution in [2.24, 2.45) is 0 Å². The summed E-state index contributed by atoms with van der Waals surface area (Å²) in [5.41, 5.74) is 1.69. The number of amides is 1. The number of anilines is 1. The lowest BCUT2D eigenvalue weighted by Crippen LogP contribution is -2.17. The van der Waals surface area contributed by atoms with Gasteiger partial charge in [0, 0.05) is 17.5 Å². The van der Waals surface area contributed by atoms with E-state index >= 15 is 0 Å². The highest BCUT2D eigenvalue weighted by Crippen LogP contribution is 2.25. The van der Waals surface area contributed by atoms with Crippen molar-refractivity contribution in [3.63, 3.8) is 0 Å². The Morgan fingerprint density at radius 3 is 2.55 bits per heavy atom. The Hall–Kier alpha value is -3.73. The molecule has 2 aromatic heterocycles. The first-order valence-corrected chi connectivity index (χ1v) is 9.76. The van der Waals surface area contributed by atoms with Gasteiger partial charge in [0.05, 0.1) is 11.9 Å². The summed E-state index contributed by atoms with van der Waals surface area (Å²) in [6.07, 6.45) is -1.16. The minimum atomic E-state index is -4.72. The third-order valence-corrected chi connectivity index (χ3v) is 4.97. The fraction of sp³-hybridized carbons (Fsp3) is 0.100. The molecule has 2 aromatic carbocycles. The molecule has 0 fully saturated rings. The molecule has 0 saturated carbocycles. The fourth-order valence-electron chi connectivity index (χ4n) is 2.69. The van der Waals surface area contributed by atoms with Gasteiger partial charge in [0.15, 0.2) is 10.8 Å². The maximum Gasteiger partial charge on any atom is 0.573 e. The van der Waals surface area contributed by atoms with E-state index in [9.17, 15) is 18.0 Å². The van der Waals surface area contributed by atoms with E-state index in [1.54, 1.807) is 18.3 Å². The first-order chi connectivity index (χ1) is 14.9. The van der Waals surface area contributed by atoms with Crippen molar-refractivity contribution in [2.75, 3.05) is 5.32 Å². The van der Waals surface area contributed by atoms with Gasteiger partial charge in [0.25, 0.3) is 5.91 Å². The number of carbonyl (C=O) groups excluding carboxylic acids is 1. The summed E-state index contributed by atoms with van der Waals surface area (Å²) in [4.78, 5) is 17.4.